The first-order valence-electron chi connectivity index (χ1n) is 7.88. The van der Waals surface area contributed by atoms with Gasteiger partial charge in [-0.2, -0.15) is 0 Å². The zero-order chi connectivity index (χ0) is 18.5. The number of hydrogen-bond donors (Lipinski definition) is 1. The molecule has 0 fully saturated rings. The van der Waals surface area contributed by atoms with Crippen molar-refractivity contribution in [2.45, 2.75) is 17.9 Å². The molecule has 1 unspecified atom stereocenters. The number of carbonyl (C=O) groups excluding carboxylic acids is 1. The standard InChI is InChI=1S/C19H16ClFN2O2S/c1-12-10-17(23-25-12)22-19(24)18(13-6-3-2-4-7-13)26-11-14-15(20)8-5-9-16(14)21/h2-10,18H,11H2,1H3,(H,22,23,24). The zero-order valence-corrected chi connectivity index (χ0v) is 15.5. The van der Waals surface area contributed by atoms with Gasteiger partial charge in [0.2, 0.25) is 5.91 Å². The number of aryl methyl sites for hydroxylation is 1. The van der Waals surface area contributed by atoms with E-state index >= 15 is 0 Å². The fourth-order valence-corrected chi connectivity index (χ4v) is 3.90. The molecule has 0 saturated carbocycles. The van der Waals surface area contributed by atoms with E-state index in [4.69, 9.17) is 16.1 Å². The normalized spacial score (nSPS) is 12.0. The maximum atomic E-state index is 14.0. The number of hydrogen-bond acceptors (Lipinski definition) is 4. The van der Waals surface area contributed by atoms with E-state index in [1.54, 1.807) is 25.1 Å². The molecule has 1 amide bonds. The van der Waals surface area contributed by atoms with Crippen molar-refractivity contribution in [3.05, 3.63) is 82.3 Å². The van der Waals surface area contributed by atoms with Crippen LogP contribution in [0.4, 0.5) is 10.2 Å². The van der Waals surface area contributed by atoms with Crippen LogP contribution in [0.15, 0.2) is 59.1 Å². The largest absolute Gasteiger partial charge is 0.360 e. The van der Waals surface area contributed by atoms with Crippen LogP contribution in [0.5, 0.6) is 0 Å². The number of amides is 1. The lowest BCUT2D eigenvalue weighted by Crippen LogP contribution is -2.19. The Morgan fingerprint density at radius 2 is 2.04 bits per heavy atom. The number of halogens is 2. The molecule has 0 aliphatic heterocycles. The topological polar surface area (TPSA) is 55.1 Å². The van der Waals surface area contributed by atoms with Crippen molar-refractivity contribution in [2.24, 2.45) is 0 Å². The Bertz CT molecular complexity index is 881. The summed E-state index contributed by atoms with van der Waals surface area (Å²) in [5, 5.41) is 6.31. The Hall–Kier alpha value is -2.31. The van der Waals surface area contributed by atoms with Gasteiger partial charge in [0.15, 0.2) is 5.82 Å². The molecule has 1 N–H and O–H groups in total. The van der Waals surface area contributed by atoms with Crippen molar-refractivity contribution in [3.8, 4) is 0 Å². The quantitative estimate of drug-likeness (QED) is 0.613. The van der Waals surface area contributed by atoms with Crippen LogP contribution in [0.1, 0.15) is 22.1 Å². The van der Waals surface area contributed by atoms with Crippen molar-refractivity contribution in [2.75, 3.05) is 5.32 Å². The molecular formula is C19H16ClFN2O2S. The SMILES string of the molecule is Cc1cc(NC(=O)C(SCc2c(F)cccc2Cl)c2ccccc2)no1. The first-order chi connectivity index (χ1) is 12.5. The summed E-state index contributed by atoms with van der Waals surface area (Å²) < 4.78 is 19.0. The molecule has 0 saturated heterocycles. The third kappa shape index (κ3) is 4.45. The Morgan fingerprint density at radius 1 is 1.27 bits per heavy atom. The maximum Gasteiger partial charge on any atom is 0.243 e. The number of thioether (sulfide) groups is 1. The number of nitrogens with zero attached hydrogens (tertiary/aromatic N) is 1. The van der Waals surface area contributed by atoms with Crippen LogP contribution in [0.25, 0.3) is 0 Å². The Morgan fingerprint density at radius 3 is 2.69 bits per heavy atom. The molecule has 2 aromatic carbocycles. The van der Waals surface area contributed by atoms with Crippen molar-refractivity contribution in [1.29, 1.82) is 0 Å². The van der Waals surface area contributed by atoms with E-state index in [2.05, 4.69) is 10.5 Å². The lowest BCUT2D eigenvalue weighted by Gasteiger charge is -2.16. The van der Waals surface area contributed by atoms with Crippen molar-refractivity contribution < 1.29 is 13.7 Å². The third-order valence-corrected chi connectivity index (χ3v) is 5.30. The first-order valence-corrected chi connectivity index (χ1v) is 9.31. The van der Waals surface area contributed by atoms with Crippen LogP contribution in [-0.2, 0) is 10.5 Å². The molecule has 0 aliphatic carbocycles. The van der Waals surface area contributed by atoms with Crippen LogP contribution in [0, 0.1) is 12.7 Å². The van der Waals surface area contributed by atoms with Gasteiger partial charge in [-0.05, 0) is 24.6 Å². The second-order valence-corrected chi connectivity index (χ2v) is 7.11. The monoisotopic (exact) mass is 390 g/mol. The lowest BCUT2D eigenvalue weighted by molar-refractivity contribution is -0.115. The van der Waals surface area contributed by atoms with Gasteiger partial charge in [0.25, 0.3) is 0 Å². The molecule has 0 spiro atoms. The molecular weight excluding hydrogens is 375 g/mol. The van der Waals surface area contributed by atoms with Gasteiger partial charge in [-0.25, -0.2) is 4.39 Å². The van der Waals surface area contributed by atoms with E-state index in [1.165, 1.54) is 17.8 Å². The van der Waals surface area contributed by atoms with E-state index in [9.17, 15) is 9.18 Å². The summed E-state index contributed by atoms with van der Waals surface area (Å²) in [6.45, 7) is 1.74. The highest BCUT2D eigenvalue weighted by atomic mass is 35.5. The Labute approximate surface area is 159 Å². The summed E-state index contributed by atoms with van der Waals surface area (Å²) in [5.41, 5.74) is 1.19. The molecule has 7 heteroatoms. The zero-order valence-electron chi connectivity index (χ0n) is 13.9. The van der Waals surface area contributed by atoms with Gasteiger partial charge in [-0.1, -0.05) is 53.2 Å². The lowest BCUT2D eigenvalue weighted by atomic mass is 10.1. The van der Waals surface area contributed by atoms with Gasteiger partial charge in [-0.3, -0.25) is 4.79 Å². The fraction of sp³-hybridized carbons (Fsp3) is 0.158. The first kappa shape index (κ1) is 18.5. The van der Waals surface area contributed by atoms with Crippen molar-refractivity contribution >= 4 is 35.1 Å². The van der Waals surface area contributed by atoms with E-state index < -0.39 is 5.25 Å². The molecule has 3 aromatic rings. The van der Waals surface area contributed by atoms with Crippen molar-refractivity contribution in [3.63, 3.8) is 0 Å². The highest BCUT2D eigenvalue weighted by molar-refractivity contribution is 7.99. The van der Waals surface area contributed by atoms with Gasteiger partial charge < -0.3 is 9.84 Å². The summed E-state index contributed by atoms with van der Waals surface area (Å²) in [7, 11) is 0. The summed E-state index contributed by atoms with van der Waals surface area (Å²) in [6, 6.07) is 15.5. The van der Waals surface area contributed by atoms with E-state index in [0.29, 0.717) is 22.2 Å². The molecule has 3 rings (SSSR count). The predicted molar refractivity (Wildman–Crippen MR) is 102 cm³/mol. The second kappa shape index (κ2) is 8.38. The molecule has 0 bridgehead atoms. The molecule has 26 heavy (non-hydrogen) atoms. The summed E-state index contributed by atoms with van der Waals surface area (Å²) in [5.74, 6) is 0.558. The minimum atomic E-state index is -0.552. The van der Waals surface area contributed by atoms with Crippen LogP contribution in [0.2, 0.25) is 5.02 Å². The molecule has 1 aromatic heterocycles. The molecule has 4 nitrogen and oxygen atoms in total. The molecule has 1 atom stereocenters. The van der Waals surface area contributed by atoms with E-state index in [0.717, 1.165) is 5.56 Å². The second-order valence-electron chi connectivity index (χ2n) is 5.61. The average Bonchev–Trinajstić information content (AvgIpc) is 3.03. The number of benzene rings is 2. The van der Waals surface area contributed by atoms with Gasteiger partial charge in [0.1, 0.15) is 16.8 Å². The maximum absolute atomic E-state index is 14.0. The van der Waals surface area contributed by atoms with Gasteiger partial charge >= 0.3 is 0 Å². The minimum Gasteiger partial charge on any atom is -0.360 e. The van der Waals surface area contributed by atoms with Crippen LogP contribution >= 0.6 is 23.4 Å². The van der Waals surface area contributed by atoms with Gasteiger partial charge in [0.05, 0.1) is 0 Å². The molecule has 134 valence electrons. The number of anilines is 1. The smallest absolute Gasteiger partial charge is 0.243 e. The molecule has 0 aliphatic rings. The number of nitrogens with one attached hydrogen (secondary N) is 1. The van der Waals surface area contributed by atoms with E-state index in [1.807, 2.05) is 30.3 Å². The summed E-state index contributed by atoms with van der Waals surface area (Å²) in [4.78, 5) is 12.8. The Balaban J connectivity index is 1.80. The van der Waals surface area contributed by atoms with Crippen LogP contribution in [0.3, 0.4) is 0 Å². The average molecular weight is 391 g/mol. The highest BCUT2D eigenvalue weighted by Gasteiger charge is 2.23. The fourth-order valence-electron chi connectivity index (χ4n) is 2.41. The number of aromatic nitrogens is 1. The molecule has 1 heterocycles. The van der Waals surface area contributed by atoms with Gasteiger partial charge in [-0.15, -0.1) is 11.8 Å². The predicted octanol–water partition coefficient (Wildman–Crippen LogP) is 5.39. The minimum absolute atomic E-state index is 0.260. The van der Waals surface area contributed by atoms with E-state index in [-0.39, 0.29) is 17.5 Å². The van der Waals surface area contributed by atoms with Crippen LogP contribution in [-0.4, -0.2) is 11.1 Å². The van der Waals surface area contributed by atoms with Crippen LogP contribution < -0.4 is 5.32 Å². The number of carbonyl (C=O) groups is 1. The number of rotatable bonds is 6. The summed E-state index contributed by atoms with van der Waals surface area (Å²) in [6.07, 6.45) is 0. The Kier molecular flexibility index (Phi) is 5.96. The highest BCUT2D eigenvalue weighted by Crippen LogP contribution is 2.35. The molecule has 0 radical (unpaired) electrons. The third-order valence-electron chi connectivity index (χ3n) is 3.68. The summed E-state index contributed by atoms with van der Waals surface area (Å²) >= 11 is 7.39. The van der Waals surface area contributed by atoms with Gasteiger partial charge in [0, 0.05) is 22.4 Å². The van der Waals surface area contributed by atoms with Crippen molar-refractivity contribution in [1.82, 2.24) is 5.16 Å².